The molecule has 2 aromatic carbocycles. The Balaban J connectivity index is 1.85. The van der Waals surface area contributed by atoms with Gasteiger partial charge in [-0.1, -0.05) is 58.0 Å². The molecule has 1 saturated heterocycles. The van der Waals surface area contributed by atoms with Gasteiger partial charge in [-0.2, -0.15) is 0 Å². The van der Waals surface area contributed by atoms with Crippen LogP contribution in [0.15, 0.2) is 48.5 Å². The monoisotopic (exact) mass is 435 g/mol. The Kier molecular flexibility index (Phi) is 7.60. The second-order valence-corrected chi connectivity index (χ2v) is 10.3. The highest BCUT2D eigenvalue weighted by Crippen LogP contribution is 2.30. The number of nitrogens with one attached hydrogen (secondary N) is 2. The van der Waals surface area contributed by atoms with E-state index in [0.717, 1.165) is 37.2 Å². The number of hydrogen-bond acceptors (Lipinski definition) is 3. The molecule has 3 rings (SSSR count). The molecular weight excluding hydrogens is 398 g/mol. The Morgan fingerprint density at radius 2 is 1.72 bits per heavy atom. The maximum atomic E-state index is 13.4. The van der Waals surface area contributed by atoms with E-state index in [2.05, 4.69) is 22.5 Å². The maximum Gasteiger partial charge on any atom is 0.253 e. The molecule has 0 saturated carbocycles. The molecule has 2 N–H and O–H groups in total. The molecule has 172 valence electrons. The Bertz CT molecular complexity index is 926. The highest BCUT2D eigenvalue weighted by molar-refractivity contribution is 6.02. The second kappa shape index (κ2) is 10.2. The zero-order chi connectivity index (χ0) is 23.3. The summed E-state index contributed by atoms with van der Waals surface area (Å²) < 4.78 is 0. The zero-order valence-electron chi connectivity index (χ0n) is 20.1. The van der Waals surface area contributed by atoms with Crippen molar-refractivity contribution in [2.24, 2.45) is 11.3 Å². The van der Waals surface area contributed by atoms with Gasteiger partial charge in [0, 0.05) is 30.9 Å². The van der Waals surface area contributed by atoms with Crippen molar-refractivity contribution >= 4 is 23.2 Å². The van der Waals surface area contributed by atoms with Crippen LogP contribution < -0.4 is 15.5 Å². The van der Waals surface area contributed by atoms with Crippen molar-refractivity contribution in [2.75, 3.05) is 23.3 Å². The molecule has 32 heavy (non-hydrogen) atoms. The highest BCUT2D eigenvalue weighted by Gasteiger charge is 2.23. The first-order valence-electron chi connectivity index (χ1n) is 11.7. The lowest BCUT2D eigenvalue weighted by molar-refractivity contribution is -0.117. The van der Waals surface area contributed by atoms with E-state index in [0.29, 0.717) is 23.6 Å². The number of nitrogens with zero attached hydrogens (tertiary/aromatic N) is 1. The summed E-state index contributed by atoms with van der Waals surface area (Å²) >= 11 is 0. The van der Waals surface area contributed by atoms with E-state index >= 15 is 0 Å². The van der Waals surface area contributed by atoms with Crippen LogP contribution in [0.5, 0.6) is 0 Å². The first kappa shape index (κ1) is 23.8. The van der Waals surface area contributed by atoms with Crippen molar-refractivity contribution in [2.45, 2.75) is 59.9 Å². The summed E-state index contributed by atoms with van der Waals surface area (Å²) in [6.45, 7) is 12.3. The molecule has 5 nitrogen and oxygen atoms in total. The molecule has 1 aliphatic rings. The predicted octanol–water partition coefficient (Wildman–Crippen LogP) is 5.79. The number of piperidine rings is 1. The van der Waals surface area contributed by atoms with Crippen LogP contribution in [-0.4, -0.2) is 24.9 Å². The molecule has 1 heterocycles. The zero-order valence-corrected chi connectivity index (χ0v) is 20.1. The fraction of sp³-hybridized carbons (Fsp3) is 0.481. The van der Waals surface area contributed by atoms with Crippen molar-refractivity contribution < 1.29 is 9.59 Å². The molecule has 0 radical (unpaired) electrons. The number of benzene rings is 2. The number of rotatable bonds is 6. The molecule has 2 amide bonds. The lowest BCUT2D eigenvalue weighted by Gasteiger charge is -2.33. The Morgan fingerprint density at radius 3 is 2.34 bits per heavy atom. The van der Waals surface area contributed by atoms with Crippen LogP contribution in [0.4, 0.5) is 11.4 Å². The third kappa shape index (κ3) is 6.59. The van der Waals surface area contributed by atoms with Gasteiger partial charge in [-0.3, -0.25) is 9.59 Å². The van der Waals surface area contributed by atoms with Crippen LogP contribution in [0.3, 0.4) is 0 Å². The average Bonchev–Trinajstić information content (AvgIpc) is 2.73. The van der Waals surface area contributed by atoms with Crippen LogP contribution in [-0.2, 0) is 4.79 Å². The lowest BCUT2D eigenvalue weighted by atomic mass is 9.92. The third-order valence-corrected chi connectivity index (χ3v) is 5.99. The van der Waals surface area contributed by atoms with E-state index in [1.807, 2.05) is 76.2 Å². The molecule has 0 aromatic heterocycles. The molecule has 1 atom stereocenters. The van der Waals surface area contributed by atoms with E-state index in [1.54, 1.807) is 0 Å². The van der Waals surface area contributed by atoms with Crippen molar-refractivity contribution in [3.63, 3.8) is 0 Å². The van der Waals surface area contributed by atoms with Gasteiger partial charge in [-0.15, -0.1) is 0 Å². The minimum Gasteiger partial charge on any atom is -0.371 e. The Labute approximate surface area is 192 Å². The fourth-order valence-electron chi connectivity index (χ4n) is 4.11. The van der Waals surface area contributed by atoms with Crippen molar-refractivity contribution in [3.8, 4) is 0 Å². The van der Waals surface area contributed by atoms with Gasteiger partial charge >= 0.3 is 0 Å². The van der Waals surface area contributed by atoms with E-state index in [4.69, 9.17) is 0 Å². The van der Waals surface area contributed by atoms with Crippen molar-refractivity contribution in [1.29, 1.82) is 0 Å². The lowest BCUT2D eigenvalue weighted by Crippen LogP contribution is -2.35. The summed E-state index contributed by atoms with van der Waals surface area (Å²) in [5.74, 6) is 0.542. The molecule has 1 fully saturated rings. The van der Waals surface area contributed by atoms with Gasteiger partial charge in [0.15, 0.2) is 0 Å². The van der Waals surface area contributed by atoms with Gasteiger partial charge in [0.25, 0.3) is 5.91 Å². The Morgan fingerprint density at radius 1 is 1.06 bits per heavy atom. The maximum absolute atomic E-state index is 13.4. The average molecular weight is 436 g/mol. The normalized spacial score (nSPS) is 15.8. The van der Waals surface area contributed by atoms with Crippen LogP contribution in [0.2, 0.25) is 0 Å². The van der Waals surface area contributed by atoms with E-state index in [9.17, 15) is 9.59 Å². The minimum atomic E-state index is -0.123. The largest absolute Gasteiger partial charge is 0.371 e. The van der Waals surface area contributed by atoms with Crippen LogP contribution in [0.1, 0.15) is 75.8 Å². The van der Waals surface area contributed by atoms with E-state index < -0.39 is 0 Å². The second-order valence-electron chi connectivity index (χ2n) is 10.3. The smallest absolute Gasteiger partial charge is 0.253 e. The predicted molar refractivity (Wildman–Crippen MR) is 132 cm³/mol. The van der Waals surface area contributed by atoms with Gasteiger partial charge in [-0.25, -0.2) is 0 Å². The van der Waals surface area contributed by atoms with Gasteiger partial charge < -0.3 is 15.5 Å². The highest BCUT2D eigenvalue weighted by atomic mass is 16.2. The summed E-state index contributed by atoms with van der Waals surface area (Å²) in [4.78, 5) is 28.1. The quantitative estimate of drug-likeness (QED) is 0.604. The Hall–Kier alpha value is -2.82. The molecule has 0 spiro atoms. The molecule has 2 aromatic rings. The van der Waals surface area contributed by atoms with Gasteiger partial charge in [0.2, 0.25) is 5.91 Å². The van der Waals surface area contributed by atoms with E-state index in [1.165, 1.54) is 0 Å². The molecule has 0 bridgehead atoms. The number of amides is 2. The summed E-state index contributed by atoms with van der Waals surface area (Å²) in [5.41, 5.74) is 3.16. The standard InChI is InChI=1S/C27H37N3O2/c1-19-13-15-30(16-14-19)24-12-11-22(29-25(31)18-27(3,4)5)17-23(24)26(32)28-20(2)21-9-7-6-8-10-21/h6-12,17,19-20H,13-16,18H2,1-5H3,(H,28,32)(H,29,31)/t20-/m0/s1. The van der Waals surface area contributed by atoms with Crippen LogP contribution >= 0.6 is 0 Å². The SMILES string of the molecule is CC1CCN(c2ccc(NC(=O)CC(C)(C)C)cc2C(=O)N[C@@H](C)c2ccccc2)CC1. The fourth-order valence-corrected chi connectivity index (χ4v) is 4.11. The summed E-state index contributed by atoms with van der Waals surface area (Å²) in [6, 6.07) is 15.5. The first-order chi connectivity index (χ1) is 15.1. The van der Waals surface area contributed by atoms with Crippen LogP contribution in [0, 0.1) is 11.3 Å². The van der Waals surface area contributed by atoms with Gasteiger partial charge in [0.05, 0.1) is 11.6 Å². The number of anilines is 2. The summed E-state index contributed by atoms with van der Waals surface area (Å²) in [5, 5.41) is 6.12. The summed E-state index contributed by atoms with van der Waals surface area (Å²) in [7, 11) is 0. The van der Waals surface area contributed by atoms with Gasteiger partial charge in [0.1, 0.15) is 0 Å². The number of carbonyl (C=O) groups excluding carboxylic acids is 2. The molecular formula is C27H37N3O2. The van der Waals surface area contributed by atoms with Crippen molar-refractivity contribution in [1.82, 2.24) is 5.32 Å². The number of carbonyl (C=O) groups is 2. The molecule has 0 unspecified atom stereocenters. The first-order valence-corrected chi connectivity index (χ1v) is 11.7. The topological polar surface area (TPSA) is 61.4 Å². The minimum absolute atomic E-state index is 0.0407. The van der Waals surface area contributed by atoms with Crippen molar-refractivity contribution in [3.05, 3.63) is 59.7 Å². The molecule has 5 heteroatoms. The van der Waals surface area contributed by atoms with Gasteiger partial charge in [-0.05, 0) is 54.9 Å². The third-order valence-electron chi connectivity index (χ3n) is 5.99. The van der Waals surface area contributed by atoms with E-state index in [-0.39, 0.29) is 23.3 Å². The molecule has 0 aliphatic carbocycles. The van der Waals surface area contributed by atoms with Crippen LogP contribution in [0.25, 0.3) is 0 Å². The number of hydrogen-bond donors (Lipinski definition) is 2. The summed E-state index contributed by atoms with van der Waals surface area (Å²) in [6.07, 6.45) is 2.66. The molecule has 1 aliphatic heterocycles.